The highest BCUT2D eigenvalue weighted by molar-refractivity contribution is 5.99. The van der Waals surface area contributed by atoms with E-state index >= 15 is 0 Å². The van der Waals surface area contributed by atoms with Crippen LogP contribution in [0.2, 0.25) is 0 Å². The van der Waals surface area contributed by atoms with Crippen molar-refractivity contribution in [2.45, 2.75) is 13.1 Å². The molecule has 0 radical (unpaired) electrons. The number of aromatic nitrogens is 2. The molecule has 0 saturated heterocycles. The molecule has 0 atom stereocenters. The van der Waals surface area contributed by atoms with Crippen molar-refractivity contribution in [2.75, 3.05) is 7.11 Å². The summed E-state index contributed by atoms with van der Waals surface area (Å²) in [6.45, 7) is 0.845. The van der Waals surface area contributed by atoms with Crippen molar-refractivity contribution < 1.29 is 9.13 Å². The first kappa shape index (κ1) is 16.2. The molecule has 1 N–H and O–H groups in total. The summed E-state index contributed by atoms with van der Waals surface area (Å²) < 4.78 is 20.0. The fourth-order valence-electron chi connectivity index (χ4n) is 3.17. The van der Waals surface area contributed by atoms with Crippen LogP contribution in [-0.4, -0.2) is 27.8 Å². The van der Waals surface area contributed by atoms with Crippen molar-refractivity contribution in [3.63, 3.8) is 0 Å². The summed E-state index contributed by atoms with van der Waals surface area (Å²) in [5.74, 6) is 0.526. The standard InChI is InChI=1S/C20H17FN4O/c1-26-20-15(4-2-9-24-20)13-6-7-14(17(21)10-13)11-25-12-18-16(19(25)22)5-3-8-23-18/h2-10,22H,11-12H2,1H3. The SMILES string of the molecule is COc1ncccc1-c1ccc(CN2Cc3ncccc3C2=N)c(F)c1. The zero-order valence-corrected chi connectivity index (χ0v) is 14.2. The van der Waals surface area contributed by atoms with Gasteiger partial charge in [0.15, 0.2) is 0 Å². The van der Waals surface area contributed by atoms with Crippen LogP contribution in [0.4, 0.5) is 4.39 Å². The number of benzene rings is 1. The quantitative estimate of drug-likeness (QED) is 0.782. The lowest BCUT2D eigenvalue weighted by molar-refractivity contribution is 0.399. The molecule has 1 aromatic carbocycles. The molecule has 3 heterocycles. The second-order valence-electron chi connectivity index (χ2n) is 6.07. The first-order chi connectivity index (χ1) is 12.7. The molecule has 0 fully saturated rings. The summed E-state index contributed by atoms with van der Waals surface area (Å²) in [6, 6.07) is 12.4. The number of nitrogens with zero attached hydrogens (tertiary/aromatic N) is 3. The molecule has 1 aliphatic heterocycles. The largest absolute Gasteiger partial charge is 0.481 e. The van der Waals surface area contributed by atoms with Crippen molar-refractivity contribution in [1.82, 2.24) is 14.9 Å². The molecule has 4 rings (SSSR count). The lowest BCUT2D eigenvalue weighted by Gasteiger charge is -2.18. The summed E-state index contributed by atoms with van der Waals surface area (Å²) >= 11 is 0. The molecule has 2 aromatic heterocycles. The van der Waals surface area contributed by atoms with Gasteiger partial charge in [-0.2, -0.15) is 0 Å². The van der Waals surface area contributed by atoms with Crippen LogP contribution >= 0.6 is 0 Å². The maximum Gasteiger partial charge on any atom is 0.221 e. The zero-order chi connectivity index (χ0) is 18.1. The second-order valence-corrected chi connectivity index (χ2v) is 6.07. The molecule has 0 aliphatic carbocycles. The van der Waals surface area contributed by atoms with Crippen molar-refractivity contribution in [3.05, 3.63) is 77.5 Å². The van der Waals surface area contributed by atoms with Crippen molar-refractivity contribution in [1.29, 1.82) is 5.41 Å². The summed E-state index contributed by atoms with van der Waals surface area (Å²) in [4.78, 5) is 10.3. The van der Waals surface area contributed by atoms with Crippen molar-refractivity contribution >= 4 is 5.84 Å². The number of halogens is 1. The van der Waals surface area contributed by atoms with Crippen LogP contribution in [0.25, 0.3) is 11.1 Å². The Kier molecular flexibility index (Phi) is 4.08. The van der Waals surface area contributed by atoms with Gasteiger partial charge in [0.25, 0.3) is 0 Å². The molecule has 26 heavy (non-hydrogen) atoms. The van der Waals surface area contributed by atoms with E-state index in [9.17, 15) is 4.39 Å². The predicted molar refractivity (Wildman–Crippen MR) is 96.5 cm³/mol. The van der Waals surface area contributed by atoms with Gasteiger partial charge in [-0.05, 0) is 35.9 Å². The minimum atomic E-state index is -0.315. The van der Waals surface area contributed by atoms with Gasteiger partial charge in [-0.1, -0.05) is 12.1 Å². The van der Waals surface area contributed by atoms with Crippen LogP contribution in [-0.2, 0) is 13.1 Å². The first-order valence-electron chi connectivity index (χ1n) is 8.23. The number of amidine groups is 1. The molecule has 3 aromatic rings. The topological polar surface area (TPSA) is 62.1 Å². The maximum atomic E-state index is 14.7. The zero-order valence-electron chi connectivity index (χ0n) is 14.2. The summed E-state index contributed by atoms with van der Waals surface area (Å²) in [7, 11) is 1.54. The van der Waals surface area contributed by atoms with Crippen LogP contribution < -0.4 is 4.74 Å². The van der Waals surface area contributed by atoms with Crippen LogP contribution in [0.1, 0.15) is 16.8 Å². The Hall–Kier alpha value is -3.28. The van der Waals surface area contributed by atoms with Crippen LogP contribution in [0, 0.1) is 11.2 Å². The molecule has 5 nitrogen and oxygen atoms in total. The highest BCUT2D eigenvalue weighted by atomic mass is 19.1. The maximum absolute atomic E-state index is 14.7. The lowest BCUT2D eigenvalue weighted by Crippen LogP contribution is -2.23. The Labute approximate surface area is 150 Å². The first-order valence-corrected chi connectivity index (χ1v) is 8.23. The van der Waals surface area contributed by atoms with Gasteiger partial charge in [0.05, 0.1) is 19.3 Å². The van der Waals surface area contributed by atoms with E-state index in [1.807, 2.05) is 29.2 Å². The Morgan fingerprint density at radius 1 is 1.12 bits per heavy atom. The summed E-state index contributed by atoms with van der Waals surface area (Å²) in [5, 5.41) is 8.28. The second kappa shape index (κ2) is 6.55. The number of rotatable bonds is 4. The molecule has 130 valence electrons. The third-order valence-electron chi connectivity index (χ3n) is 4.49. The van der Waals surface area contributed by atoms with E-state index in [1.54, 1.807) is 31.6 Å². The van der Waals surface area contributed by atoms with Gasteiger partial charge in [-0.25, -0.2) is 9.37 Å². The van der Waals surface area contributed by atoms with Crippen molar-refractivity contribution in [2.24, 2.45) is 0 Å². The van der Waals surface area contributed by atoms with Crippen LogP contribution in [0.3, 0.4) is 0 Å². The highest BCUT2D eigenvalue weighted by Gasteiger charge is 2.25. The van der Waals surface area contributed by atoms with E-state index in [0.717, 1.165) is 16.8 Å². The number of fused-ring (bicyclic) bond motifs is 1. The normalized spacial score (nSPS) is 13.0. The summed E-state index contributed by atoms with van der Waals surface area (Å²) in [5.41, 5.74) is 3.65. The van der Waals surface area contributed by atoms with Gasteiger partial charge in [0.2, 0.25) is 5.88 Å². The Bertz CT molecular complexity index is 989. The average Bonchev–Trinajstić information content (AvgIpc) is 2.99. The number of hydrogen-bond acceptors (Lipinski definition) is 4. The van der Waals surface area contributed by atoms with Gasteiger partial charge in [0.1, 0.15) is 11.7 Å². The van der Waals surface area contributed by atoms with Gasteiger partial charge in [-0.3, -0.25) is 10.4 Å². The molecule has 1 aliphatic rings. The summed E-state index contributed by atoms with van der Waals surface area (Å²) in [6.07, 6.45) is 3.35. The van der Waals surface area contributed by atoms with Crippen LogP contribution in [0.5, 0.6) is 5.88 Å². The van der Waals surface area contributed by atoms with Gasteiger partial charge in [0, 0.05) is 35.6 Å². The number of nitrogens with one attached hydrogen (secondary N) is 1. The van der Waals surface area contributed by atoms with E-state index in [1.165, 1.54) is 6.07 Å². The highest BCUT2D eigenvalue weighted by Crippen LogP contribution is 2.30. The smallest absolute Gasteiger partial charge is 0.221 e. The monoisotopic (exact) mass is 348 g/mol. The third-order valence-corrected chi connectivity index (χ3v) is 4.49. The van der Waals surface area contributed by atoms with E-state index < -0.39 is 0 Å². The van der Waals surface area contributed by atoms with Gasteiger partial charge >= 0.3 is 0 Å². The molecule has 0 saturated carbocycles. The number of ether oxygens (including phenoxy) is 1. The molecule has 0 unspecified atom stereocenters. The number of pyridine rings is 2. The van der Waals surface area contributed by atoms with E-state index in [0.29, 0.717) is 35.9 Å². The molecule has 0 amide bonds. The fourth-order valence-corrected chi connectivity index (χ4v) is 3.17. The average molecular weight is 348 g/mol. The number of methoxy groups -OCH3 is 1. The van der Waals surface area contributed by atoms with Gasteiger partial charge in [-0.15, -0.1) is 0 Å². The predicted octanol–water partition coefficient (Wildman–Crippen LogP) is 3.63. The minimum Gasteiger partial charge on any atom is -0.481 e. The van der Waals surface area contributed by atoms with Crippen LogP contribution in [0.15, 0.2) is 54.9 Å². The molecule has 6 heteroatoms. The Morgan fingerprint density at radius 3 is 2.62 bits per heavy atom. The van der Waals surface area contributed by atoms with E-state index in [2.05, 4.69) is 9.97 Å². The fraction of sp³-hybridized carbons (Fsp3) is 0.150. The molecular weight excluding hydrogens is 331 g/mol. The van der Waals surface area contributed by atoms with E-state index in [4.69, 9.17) is 10.1 Å². The third kappa shape index (κ3) is 2.79. The van der Waals surface area contributed by atoms with Gasteiger partial charge < -0.3 is 9.64 Å². The molecular formula is C20H17FN4O. The lowest BCUT2D eigenvalue weighted by atomic mass is 10.0. The molecule has 0 spiro atoms. The Balaban J connectivity index is 1.59. The molecule has 0 bridgehead atoms. The minimum absolute atomic E-state index is 0.315. The van der Waals surface area contributed by atoms with Crippen molar-refractivity contribution in [3.8, 4) is 17.0 Å². The number of hydrogen-bond donors (Lipinski definition) is 1. The Morgan fingerprint density at radius 2 is 1.88 bits per heavy atom. The van der Waals surface area contributed by atoms with E-state index in [-0.39, 0.29) is 5.82 Å².